The number of fused-ring (bicyclic) bond motifs is 1. The molecule has 3 aromatic rings. The fourth-order valence-corrected chi connectivity index (χ4v) is 3.16. The van der Waals surface area contributed by atoms with Crippen LogP contribution in [0.2, 0.25) is 0 Å². The Morgan fingerprint density at radius 2 is 1.73 bits per heavy atom. The first-order valence-electron chi connectivity index (χ1n) is 9.42. The van der Waals surface area contributed by atoms with Gasteiger partial charge in [-0.3, -0.25) is 0 Å². The van der Waals surface area contributed by atoms with Crippen LogP contribution in [0.15, 0.2) is 48.5 Å². The number of unbranched alkanes of at least 4 members (excludes halogenated alkanes) is 1. The molecule has 4 heteroatoms. The number of aryl methyl sites for hydroxylation is 1. The first kappa shape index (κ1) is 18.5. The van der Waals surface area contributed by atoms with E-state index in [0.29, 0.717) is 12.5 Å². The molecule has 0 radical (unpaired) electrons. The molecule has 0 aliphatic heterocycles. The highest BCUT2D eigenvalue weighted by atomic mass is 16.5. The quantitative estimate of drug-likeness (QED) is 0.576. The number of aromatic nitrogens is 2. The van der Waals surface area contributed by atoms with Gasteiger partial charge in [-0.15, -0.1) is 0 Å². The normalized spacial score (nSPS) is 12.7. The minimum absolute atomic E-state index is 0.539. The van der Waals surface area contributed by atoms with Gasteiger partial charge < -0.3 is 14.4 Å². The average molecular weight is 352 g/mol. The van der Waals surface area contributed by atoms with Crippen molar-refractivity contribution in [3.8, 4) is 5.75 Å². The minimum atomic E-state index is -0.571. The summed E-state index contributed by atoms with van der Waals surface area (Å²) in [6.07, 6.45) is 1.36. The highest BCUT2D eigenvalue weighted by molar-refractivity contribution is 5.75. The molecule has 0 bridgehead atoms. The van der Waals surface area contributed by atoms with Crippen LogP contribution >= 0.6 is 0 Å². The SMILES string of the molecule is CC(C)c1ccc(OCCCCn2c(C(C)O)nc3ccccc32)cc1. The number of hydrogen-bond acceptors (Lipinski definition) is 3. The third kappa shape index (κ3) is 4.25. The molecule has 0 fully saturated rings. The van der Waals surface area contributed by atoms with E-state index in [9.17, 15) is 5.11 Å². The Morgan fingerprint density at radius 1 is 1.00 bits per heavy atom. The molecule has 0 aliphatic rings. The molecule has 4 nitrogen and oxygen atoms in total. The summed E-state index contributed by atoms with van der Waals surface area (Å²) in [6, 6.07) is 16.4. The van der Waals surface area contributed by atoms with Crippen LogP contribution in [0.1, 0.15) is 57.0 Å². The number of imidazole rings is 1. The van der Waals surface area contributed by atoms with Crippen LogP contribution in [0, 0.1) is 0 Å². The Hall–Kier alpha value is -2.33. The molecule has 0 amide bonds. The summed E-state index contributed by atoms with van der Waals surface area (Å²) in [5.41, 5.74) is 3.34. The Morgan fingerprint density at radius 3 is 2.42 bits per heavy atom. The van der Waals surface area contributed by atoms with Gasteiger partial charge in [0.25, 0.3) is 0 Å². The van der Waals surface area contributed by atoms with E-state index in [0.717, 1.165) is 42.0 Å². The van der Waals surface area contributed by atoms with Gasteiger partial charge in [-0.05, 0) is 55.5 Å². The molecule has 3 rings (SSSR count). The van der Waals surface area contributed by atoms with Crippen LogP contribution in [-0.2, 0) is 6.54 Å². The predicted octanol–water partition coefficient (Wildman–Crippen LogP) is 5.07. The van der Waals surface area contributed by atoms with E-state index >= 15 is 0 Å². The molecule has 2 aromatic carbocycles. The van der Waals surface area contributed by atoms with Crippen LogP contribution < -0.4 is 4.74 Å². The number of hydrogen-bond donors (Lipinski definition) is 1. The van der Waals surface area contributed by atoms with E-state index in [4.69, 9.17) is 4.74 Å². The lowest BCUT2D eigenvalue weighted by Gasteiger charge is -2.12. The second kappa shape index (κ2) is 8.37. The van der Waals surface area contributed by atoms with Crippen LogP contribution in [-0.4, -0.2) is 21.3 Å². The monoisotopic (exact) mass is 352 g/mol. The number of aliphatic hydroxyl groups is 1. The fraction of sp³-hybridized carbons (Fsp3) is 0.409. The van der Waals surface area contributed by atoms with Gasteiger partial charge in [-0.1, -0.05) is 38.1 Å². The topological polar surface area (TPSA) is 47.3 Å². The van der Waals surface area contributed by atoms with Gasteiger partial charge in [0.15, 0.2) is 0 Å². The number of rotatable bonds is 8. The summed E-state index contributed by atoms with van der Waals surface area (Å²) in [7, 11) is 0. The second-order valence-corrected chi connectivity index (χ2v) is 7.07. The van der Waals surface area contributed by atoms with Crippen molar-refractivity contribution in [2.75, 3.05) is 6.61 Å². The van der Waals surface area contributed by atoms with Crippen LogP contribution in [0.25, 0.3) is 11.0 Å². The molecule has 138 valence electrons. The Bertz CT molecular complexity index is 835. The zero-order chi connectivity index (χ0) is 18.5. The van der Waals surface area contributed by atoms with E-state index < -0.39 is 6.10 Å². The summed E-state index contributed by atoms with van der Waals surface area (Å²) in [6.45, 7) is 7.67. The standard InChI is InChI=1S/C22H28N2O2/c1-16(2)18-10-12-19(13-11-18)26-15-7-6-14-24-21-9-5-4-8-20(21)23-22(24)17(3)25/h4-5,8-13,16-17,25H,6-7,14-15H2,1-3H3. The molecule has 0 saturated carbocycles. The smallest absolute Gasteiger partial charge is 0.138 e. The maximum absolute atomic E-state index is 10.0. The number of para-hydroxylation sites is 2. The van der Waals surface area contributed by atoms with Gasteiger partial charge in [-0.2, -0.15) is 0 Å². The second-order valence-electron chi connectivity index (χ2n) is 7.07. The molecule has 0 spiro atoms. The van der Waals surface area contributed by atoms with E-state index in [1.54, 1.807) is 6.92 Å². The summed E-state index contributed by atoms with van der Waals surface area (Å²) in [5, 5.41) is 10.0. The molecule has 1 heterocycles. The highest BCUT2D eigenvalue weighted by Crippen LogP contribution is 2.22. The van der Waals surface area contributed by atoms with Crippen LogP contribution in [0.5, 0.6) is 5.75 Å². The van der Waals surface area contributed by atoms with Crippen molar-refractivity contribution in [2.24, 2.45) is 0 Å². The minimum Gasteiger partial charge on any atom is -0.494 e. The van der Waals surface area contributed by atoms with Crippen molar-refractivity contribution >= 4 is 11.0 Å². The van der Waals surface area contributed by atoms with Crippen molar-refractivity contribution < 1.29 is 9.84 Å². The molecule has 26 heavy (non-hydrogen) atoms. The van der Waals surface area contributed by atoms with E-state index in [1.807, 2.05) is 30.3 Å². The van der Waals surface area contributed by atoms with Crippen molar-refractivity contribution in [3.05, 3.63) is 59.9 Å². The molecule has 1 N–H and O–H groups in total. The maximum Gasteiger partial charge on any atom is 0.138 e. The highest BCUT2D eigenvalue weighted by Gasteiger charge is 2.13. The van der Waals surface area contributed by atoms with Crippen molar-refractivity contribution in [1.29, 1.82) is 0 Å². The third-order valence-electron chi connectivity index (χ3n) is 4.65. The van der Waals surface area contributed by atoms with Crippen molar-refractivity contribution in [1.82, 2.24) is 9.55 Å². The zero-order valence-corrected chi connectivity index (χ0v) is 15.9. The van der Waals surface area contributed by atoms with Crippen LogP contribution in [0.3, 0.4) is 0 Å². The molecule has 1 aromatic heterocycles. The van der Waals surface area contributed by atoms with Gasteiger partial charge in [0.2, 0.25) is 0 Å². The first-order chi connectivity index (χ1) is 12.6. The third-order valence-corrected chi connectivity index (χ3v) is 4.65. The number of nitrogens with zero attached hydrogens (tertiary/aromatic N) is 2. The average Bonchev–Trinajstić information content (AvgIpc) is 3.01. The Labute approximate surface area is 155 Å². The van der Waals surface area contributed by atoms with Crippen molar-refractivity contribution in [2.45, 2.75) is 52.2 Å². The van der Waals surface area contributed by atoms with E-state index in [-0.39, 0.29) is 0 Å². The lowest BCUT2D eigenvalue weighted by molar-refractivity contribution is 0.184. The summed E-state index contributed by atoms with van der Waals surface area (Å²) in [4.78, 5) is 4.56. The van der Waals surface area contributed by atoms with Gasteiger partial charge >= 0.3 is 0 Å². The fourth-order valence-electron chi connectivity index (χ4n) is 3.16. The predicted molar refractivity (Wildman–Crippen MR) is 106 cm³/mol. The lowest BCUT2D eigenvalue weighted by atomic mass is 10.0. The first-order valence-corrected chi connectivity index (χ1v) is 9.42. The molecule has 0 aliphatic carbocycles. The van der Waals surface area contributed by atoms with Crippen LogP contribution in [0.4, 0.5) is 0 Å². The summed E-state index contributed by atoms with van der Waals surface area (Å²) in [5.74, 6) is 2.20. The molecular formula is C22H28N2O2. The van der Waals surface area contributed by atoms with Gasteiger partial charge in [0.1, 0.15) is 17.7 Å². The maximum atomic E-state index is 10.0. The Balaban J connectivity index is 1.54. The van der Waals surface area contributed by atoms with Gasteiger partial charge in [-0.25, -0.2) is 4.98 Å². The van der Waals surface area contributed by atoms with Gasteiger partial charge in [0.05, 0.1) is 17.6 Å². The Kier molecular flexibility index (Phi) is 5.94. The largest absolute Gasteiger partial charge is 0.494 e. The molecular weight excluding hydrogens is 324 g/mol. The number of ether oxygens (including phenoxy) is 1. The molecule has 0 saturated heterocycles. The van der Waals surface area contributed by atoms with Gasteiger partial charge in [0, 0.05) is 6.54 Å². The summed E-state index contributed by atoms with van der Waals surface area (Å²) < 4.78 is 7.97. The molecule has 1 unspecified atom stereocenters. The molecule has 1 atom stereocenters. The van der Waals surface area contributed by atoms with E-state index in [2.05, 4.69) is 41.6 Å². The lowest BCUT2D eigenvalue weighted by Crippen LogP contribution is -2.08. The van der Waals surface area contributed by atoms with E-state index in [1.165, 1.54) is 5.56 Å². The zero-order valence-electron chi connectivity index (χ0n) is 15.9. The number of benzene rings is 2. The summed E-state index contributed by atoms with van der Waals surface area (Å²) >= 11 is 0. The van der Waals surface area contributed by atoms with Crippen molar-refractivity contribution in [3.63, 3.8) is 0 Å². The number of aliphatic hydroxyl groups excluding tert-OH is 1.